The molecule has 0 fully saturated rings. The largest absolute Gasteiger partial charge is 0.508 e. The SMILES string of the molecule is CCOC(=S)C1=C(c2ccc(OC)cc2)Oc2ccc3ccccc3c2C1c1ccc(O)cc1. The van der Waals surface area contributed by atoms with Crippen molar-refractivity contribution < 1.29 is 19.3 Å². The van der Waals surface area contributed by atoms with Crippen molar-refractivity contribution in [2.75, 3.05) is 13.7 Å². The molecule has 4 aromatic carbocycles. The Morgan fingerprint density at radius 2 is 1.68 bits per heavy atom. The summed E-state index contributed by atoms with van der Waals surface area (Å²) in [5, 5.41) is 12.6. The molecule has 4 nitrogen and oxygen atoms in total. The smallest absolute Gasteiger partial charge is 0.191 e. The number of aromatic hydroxyl groups is 1. The molecule has 0 saturated carbocycles. The molecule has 1 aliphatic rings. The van der Waals surface area contributed by atoms with Gasteiger partial charge in [-0.15, -0.1) is 0 Å². The molecular weight excluding hydrogens is 444 g/mol. The Morgan fingerprint density at radius 1 is 0.941 bits per heavy atom. The fraction of sp³-hybridized carbons (Fsp3) is 0.138. The number of fused-ring (bicyclic) bond motifs is 3. The summed E-state index contributed by atoms with van der Waals surface area (Å²) in [6.07, 6.45) is 0. The van der Waals surface area contributed by atoms with Crippen LogP contribution in [0.3, 0.4) is 0 Å². The van der Waals surface area contributed by atoms with E-state index in [-0.39, 0.29) is 11.7 Å². The number of hydrogen-bond donors (Lipinski definition) is 1. The van der Waals surface area contributed by atoms with Crippen LogP contribution in [0, 0.1) is 0 Å². The molecular formula is C29H24O4S. The van der Waals surface area contributed by atoms with Crippen LogP contribution in [-0.2, 0) is 4.74 Å². The van der Waals surface area contributed by atoms with Crippen LogP contribution in [0.15, 0.2) is 90.5 Å². The van der Waals surface area contributed by atoms with Gasteiger partial charge in [-0.1, -0.05) is 42.5 Å². The van der Waals surface area contributed by atoms with Crippen LogP contribution >= 0.6 is 12.2 Å². The van der Waals surface area contributed by atoms with Crippen LogP contribution in [0.4, 0.5) is 0 Å². The fourth-order valence-corrected chi connectivity index (χ4v) is 4.81. The van der Waals surface area contributed by atoms with E-state index in [4.69, 9.17) is 26.4 Å². The molecule has 1 unspecified atom stereocenters. The standard InChI is InChI=1S/C29H24O4S/c1-3-32-29(34)27-25(19-8-13-21(30)14-9-19)26-23-7-5-4-6-18(23)12-17-24(26)33-28(27)20-10-15-22(31-2)16-11-20/h4-17,25,30H,3H2,1-2H3. The minimum absolute atomic E-state index is 0.210. The predicted molar refractivity (Wildman–Crippen MR) is 139 cm³/mol. The maximum absolute atomic E-state index is 9.96. The van der Waals surface area contributed by atoms with E-state index in [1.807, 2.05) is 61.5 Å². The van der Waals surface area contributed by atoms with Crippen molar-refractivity contribution in [1.82, 2.24) is 0 Å². The fourth-order valence-electron chi connectivity index (χ4n) is 4.48. The Hall–Kier alpha value is -3.83. The summed E-state index contributed by atoms with van der Waals surface area (Å²) in [6, 6.07) is 27.3. The summed E-state index contributed by atoms with van der Waals surface area (Å²) in [5.41, 5.74) is 3.68. The van der Waals surface area contributed by atoms with Crippen molar-refractivity contribution in [2.45, 2.75) is 12.8 Å². The van der Waals surface area contributed by atoms with Crippen LogP contribution in [0.5, 0.6) is 17.2 Å². The van der Waals surface area contributed by atoms with Crippen LogP contribution in [-0.4, -0.2) is 23.9 Å². The molecule has 0 spiro atoms. The van der Waals surface area contributed by atoms with E-state index in [2.05, 4.69) is 18.2 Å². The second-order valence-electron chi connectivity index (χ2n) is 8.02. The highest BCUT2D eigenvalue weighted by Gasteiger charge is 2.36. The molecule has 1 atom stereocenters. The summed E-state index contributed by atoms with van der Waals surface area (Å²) in [6.45, 7) is 2.37. The summed E-state index contributed by atoms with van der Waals surface area (Å²) in [4.78, 5) is 0. The average molecular weight is 469 g/mol. The van der Waals surface area contributed by atoms with Crippen LogP contribution < -0.4 is 9.47 Å². The quantitative estimate of drug-likeness (QED) is 0.325. The van der Waals surface area contributed by atoms with E-state index in [9.17, 15) is 5.11 Å². The van der Waals surface area contributed by atoms with Crippen molar-refractivity contribution in [3.05, 3.63) is 107 Å². The van der Waals surface area contributed by atoms with E-state index >= 15 is 0 Å². The monoisotopic (exact) mass is 468 g/mol. The van der Waals surface area contributed by atoms with E-state index in [0.717, 1.165) is 44.5 Å². The maximum atomic E-state index is 9.96. The number of methoxy groups -OCH3 is 1. The zero-order valence-electron chi connectivity index (χ0n) is 18.9. The summed E-state index contributed by atoms with van der Waals surface area (Å²) in [7, 11) is 1.64. The molecule has 5 heteroatoms. The first-order valence-electron chi connectivity index (χ1n) is 11.1. The molecule has 0 saturated heterocycles. The van der Waals surface area contributed by atoms with Gasteiger partial charge in [-0.05, 0) is 77.9 Å². The summed E-state index contributed by atoms with van der Waals surface area (Å²) < 4.78 is 17.8. The number of hydrogen-bond acceptors (Lipinski definition) is 5. The third-order valence-corrected chi connectivity index (χ3v) is 6.38. The zero-order valence-corrected chi connectivity index (χ0v) is 19.8. The second kappa shape index (κ2) is 9.20. The van der Waals surface area contributed by atoms with Gasteiger partial charge in [0.2, 0.25) is 0 Å². The number of ether oxygens (including phenoxy) is 3. The Kier molecular flexibility index (Phi) is 5.95. The van der Waals surface area contributed by atoms with Crippen molar-refractivity contribution >= 4 is 33.8 Å². The van der Waals surface area contributed by atoms with Gasteiger partial charge in [0.1, 0.15) is 23.0 Å². The van der Waals surface area contributed by atoms with Crippen molar-refractivity contribution in [3.63, 3.8) is 0 Å². The lowest BCUT2D eigenvalue weighted by Gasteiger charge is -2.32. The molecule has 1 heterocycles. The van der Waals surface area contributed by atoms with Crippen molar-refractivity contribution in [2.24, 2.45) is 0 Å². The number of benzene rings is 4. The molecule has 4 aromatic rings. The predicted octanol–water partition coefficient (Wildman–Crippen LogP) is 6.85. The molecule has 0 amide bonds. The number of rotatable bonds is 5. The number of phenolic OH excluding ortho intramolecular Hbond substituents is 1. The van der Waals surface area contributed by atoms with Crippen molar-refractivity contribution in [3.8, 4) is 17.2 Å². The first-order valence-corrected chi connectivity index (χ1v) is 11.6. The molecule has 1 aliphatic heterocycles. The van der Waals surface area contributed by atoms with Gasteiger partial charge in [0.25, 0.3) is 0 Å². The molecule has 5 rings (SSSR count). The summed E-state index contributed by atoms with van der Waals surface area (Å²) in [5.74, 6) is 2.15. The lowest BCUT2D eigenvalue weighted by Crippen LogP contribution is -2.23. The van der Waals surface area contributed by atoms with Gasteiger partial charge in [-0.3, -0.25) is 0 Å². The Balaban J connectivity index is 1.82. The molecule has 170 valence electrons. The first-order chi connectivity index (χ1) is 16.6. The van der Waals surface area contributed by atoms with Gasteiger partial charge in [0.05, 0.1) is 19.3 Å². The highest BCUT2D eigenvalue weighted by molar-refractivity contribution is 7.80. The highest BCUT2D eigenvalue weighted by atomic mass is 32.1. The summed E-state index contributed by atoms with van der Waals surface area (Å²) >= 11 is 5.82. The minimum atomic E-state index is -0.244. The van der Waals surface area contributed by atoms with Gasteiger partial charge in [0.15, 0.2) is 5.05 Å². The number of thiocarbonyl (C=S) groups is 1. The molecule has 0 bridgehead atoms. The zero-order chi connectivity index (χ0) is 23.7. The van der Waals surface area contributed by atoms with E-state index in [1.165, 1.54) is 0 Å². The Morgan fingerprint density at radius 3 is 2.38 bits per heavy atom. The van der Waals surface area contributed by atoms with E-state index in [0.29, 0.717) is 17.4 Å². The van der Waals surface area contributed by atoms with Gasteiger partial charge in [-0.2, -0.15) is 0 Å². The van der Waals surface area contributed by atoms with Gasteiger partial charge >= 0.3 is 0 Å². The lowest BCUT2D eigenvalue weighted by molar-refractivity contribution is 0.333. The van der Waals surface area contributed by atoms with Gasteiger partial charge in [0, 0.05) is 17.0 Å². The molecule has 1 N–H and O–H groups in total. The number of phenols is 1. The Bertz CT molecular complexity index is 1390. The first kappa shape index (κ1) is 22.0. The van der Waals surface area contributed by atoms with E-state index in [1.54, 1.807) is 19.2 Å². The van der Waals surface area contributed by atoms with E-state index < -0.39 is 0 Å². The van der Waals surface area contributed by atoms with Crippen LogP contribution in [0.2, 0.25) is 0 Å². The molecule has 0 aromatic heterocycles. The Labute approximate surface area is 204 Å². The molecule has 0 aliphatic carbocycles. The third kappa shape index (κ3) is 3.88. The lowest BCUT2D eigenvalue weighted by atomic mass is 9.79. The van der Waals surface area contributed by atoms with Crippen LogP contribution in [0.1, 0.15) is 29.5 Å². The van der Waals surface area contributed by atoms with Gasteiger partial charge < -0.3 is 19.3 Å². The minimum Gasteiger partial charge on any atom is -0.508 e. The average Bonchev–Trinajstić information content (AvgIpc) is 2.88. The van der Waals surface area contributed by atoms with Gasteiger partial charge in [-0.25, -0.2) is 0 Å². The highest BCUT2D eigenvalue weighted by Crippen LogP contribution is 2.49. The van der Waals surface area contributed by atoms with Crippen molar-refractivity contribution in [1.29, 1.82) is 0 Å². The molecule has 0 radical (unpaired) electrons. The second-order valence-corrected chi connectivity index (χ2v) is 8.39. The normalized spacial score (nSPS) is 14.9. The third-order valence-electron chi connectivity index (χ3n) is 6.04. The maximum Gasteiger partial charge on any atom is 0.191 e. The van der Waals surface area contributed by atoms with Crippen LogP contribution in [0.25, 0.3) is 16.5 Å². The molecule has 34 heavy (non-hydrogen) atoms. The topological polar surface area (TPSA) is 47.9 Å².